The quantitative estimate of drug-likeness (QED) is 0.160. The Morgan fingerprint density at radius 1 is 0.800 bits per heavy atom. The zero-order valence-electron chi connectivity index (χ0n) is 19.9. The van der Waals surface area contributed by atoms with Crippen molar-refractivity contribution in [1.29, 1.82) is 0 Å². The van der Waals surface area contributed by atoms with Gasteiger partial charge in [-0.2, -0.15) is 0 Å². The molecule has 0 fully saturated rings. The van der Waals surface area contributed by atoms with Crippen molar-refractivity contribution in [2.75, 3.05) is 33.8 Å². The first kappa shape index (κ1) is 25.0. The molecule has 8 heteroatoms. The van der Waals surface area contributed by atoms with Crippen molar-refractivity contribution in [3.63, 3.8) is 0 Å². The molecule has 3 N–H and O–H groups in total. The van der Waals surface area contributed by atoms with Crippen LogP contribution < -0.4 is 24.3 Å². The summed E-state index contributed by atoms with van der Waals surface area (Å²) in [4.78, 5) is 12.4. The summed E-state index contributed by atoms with van der Waals surface area (Å²) in [5, 5.41) is 23.0. The number of hydrogen-bond acceptors (Lipinski definition) is 8. The minimum atomic E-state index is -0.269. The highest BCUT2D eigenvalue weighted by molar-refractivity contribution is 6.04. The summed E-state index contributed by atoms with van der Waals surface area (Å²) in [7, 11) is 6.07. The van der Waals surface area contributed by atoms with Crippen molar-refractivity contribution < 1.29 is 34.0 Å². The number of carbonyl (C=O) groups excluding carboxylic acids is 1. The first-order valence-corrected chi connectivity index (χ1v) is 10.6. The number of nitrogens with one attached hydrogen (secondary N) is 1. The summed E-state index contributed by atoms with van der Waals surface area (Å²) in [6, 6.07) is 12.9. The number of phenolic OH excluding ortho intramolecular Hbond substituents is 2. The molecule has 3 aromatic rings. The van der Waals surface area contributed by atoms with E-state index in [0.29, 0.717) is 34.1 Å². The Bertz CT molecular complexity index is 1220. The number of benzene rings is 3. The van der Waals surface area contributed by atoms with Crippen molar-refractivity contribution in [1.82, 2.24) is 0 Å². The molecule has 0 aliphatic heterocycles. The van der Waals surface area contributed by atoms with Crippen molar-refractivity contribution in [3.05, 3.63) is 77.5 Å². The first-order chi connectivity index (χ1) is 16.9. The van der Waals surface area contributed by atoms with Gasteiger partial charge in [-0.1, -0.05) is 12.2 Å². The minimum Gasteiger partial charge on any atom is -0.508 e. The van der Waals surface area contributed by atoms with Gasteiger partial charge in [-0.05, 0) is 54.1 Å². The Morgan fingerprint density at radius 2 is 1.43 bits per heavy atom. The topological polar surface area (TPSA) is 106 Å². The van der Waals surface area contributed by atoms with Crippen LogP contribution in [-0.4, -0.2) is 44.4 Å². The SMILES string of the molecule is COc1ccc(/C=C\c2cc(OC)c(OC)c(OC)c2)c(N/C=C\C(=O)c2ccc(O)cc2)c1O. The fraction of sp³-hybridized carbons (Fsp3) is 0.148. The van der Waals surface area contributed by atoms with Crippen LogP contribution in [0.5, 0.6) is 34.5 Å². The van der Waals surface area contributed by atoms with Gasteiger partial charge in [0.15, 0.2) is 28.8 Å². The van der Waals surface area contributed by atoms with Crippen LogP contribution in [0.4, 0.5) is 5.69 Å². The molecule has 0 bridgehead atoms. The van der Waals surface area contributed by atoms with Gasteiger partial charge in [0.25, 0.3) is 0 Å². The molecule has 0 aliphatic carbocycles. The van der Waals surface area contributed by atoms with Gasteiger partial charge >= 0.3 is 0 Å². The van der Waals surface area contributed by atoms with E-state index in [1.165, 1.54) is 50.8 Å². The van der Waals surface area contributed by atoms with Gasteiger partial charge in [-0.25, -0.2) is 0 Å². The smallest absolute Gasteiger partial charge is 0.203 e. The second kappa shape index (κ2) is 11.5. The normalized spacial score (nSPS) is 11.0. The number of methoxy groups -OCH3 is 4. The highest BCUT2D eigenvalue weighted by Crippen LogP contribution is 2.40. The standard InChI is InChI=1S/C27H27NO7/c1-32-22-12-9-19(6-5-17-15-23(33-2)27(35-4)24(16-17)34-3)25(26(22)31)28-14-13-21(30)18-7-10-20(29)11-8-18/h5-16,28-29,31H,1-4H3/b6-5-,14-13-. The third kappa shape index (κ3) is 5.86. The van der Waals surface area contributed by atoms with Crippen LogP contribution >= 0.6 is 0 Å². The van der Waals surface area contributed by atoms with E-state index in [2.05, 4.69) is 5.32 Å². The Hall–Kier alpha value is -4.59. The molecule has 0 radical (unpaired) electrons. The number of ketones is 1. The molecule has 0 saturated carbocycles. The third-order valence-corrected chi connectivity index (χ3v) is 5.15. The largest absolute Gasteiger partial charge is 0.508 e. The number of rotatable bonds is 10. The molecule has 0 aromatic heterocycles. The van der Waals surface area contributed by atoms with Crippen LogP contribution in [0.2, 0.25) is 0 Å². The predicted molar refractivity (Wildman–Crippen MR) is 135 cm³/mol. The second-order valence-corrected chi connectivity index (χ2v) is 7.26. The maximum atomic E-state index is 12.4. The Balaban J connectivity index is 1.91. The molecule has 0 amide bonds. The summed E-state index contributed by atoms with van der Waals surface area (Å²) in [5.41, 5.74) is 2.18. The van der Waals surface area contributed by atoms with Gasteiger partial charge < -0.3 is 34.5 Å². The monoisotopic (exact) mass is 477 g/mol. The van der Waals surface area contributed by atoms with Gasteiger partial charge in [-0.3, -0.25) is 4.79 Å². The van der Waals surface area contributed by atoms with Crippen LogP contribution in [-0.2, 0) is 0 Å². The maximum Gasteiger partial charge on any atom is 0.203 e. The van der Waals surface area contributed by atoms with Crippen molar-refractivity contribution in [2.24, 2.45) is 0 Å². The molecule has 0 heterocycles. The van der Waals surface area contributed by atoms with Crippen LogP contribution in [0, 0.1) is 0 Å². The summed E-state index contributed by atoms with van der Waals surface area (Å²) in [6.45, 7) is 0. The van der Waals surface area contributed by atoms with Crippen LogP contribution in [0.25, 0.3) is 12.2 Å². The van der Waals surface area contributed by atoms with Gasteiger partial charge in [0.2, 0.25) is 5.75 Å². The Labute approximate surface area is 203 Å². The fourth-order valence-corrected chi connectivity index (χ4v) is 3.35. The summed E-state index contributed by atoms with van der Waals surface area (Å²) in [5.74, 6) is 1.48. The first-order valence-electron chi connectivity index (χ1n) is 10.6. The third-order valence-electron chi connectivity index (χ3n) is 5.15. The summed E-state index contributed by atoms with van der Waals surface area (Å²) >= 11 is 0. The van der Waals surface area contributed by atoms with Crippen LogP contribution in [0.15, 0.2) is 60.8 Å². The molecule has 0 unspecified atom stereocenters. The zero-order valence-corrected chi connectivity index (χ0v) is 19.9. The maximum absolute atomic E-state index is 12.4. The molecule has 0 aliphatic rings. The van der Waals surface area contributed by atoms with Crippen molar-refractivity contribution in [2.45, 2.75) is 0 Å². The number of ether oxygens (including phenoxy) is 4. The van der Waals surface area contributed by atoms with E-state index in [-0.39, 0.29) is 23.0 Å². The van der Waals surface area contributed by atoms with Crippen LogP contribution in [0.1, 0.15) is 21.5 Å². The summed E-state index contributed by atoms with van der Waals surface area (Å²) in [6.07, 6.45) is 6.37. The number of hydrogen-bond donors (Lipinski definition) is 3. The van der Waals surface area contributed by atoms with Crippen molar-refractivity contribution >= 4 is 23.6 Å². The molecule has 35 heavy (non-hydrogen) atoms. The molecule has 0 spiro atoms. The molecule has 8 nitrogen and oxygen atoms in total. The Kier molecular flexibility index (Phi) is 8.24. The van der Waals surface area contributed by atoms with E-state index in [9.17, 15) is 15.0 Å². The molecule has 3 aromatic carbocycles. The zero-order chi connectivity index (χ0) is 25.4. The van der Waals surface area contributed by atoms with Gasteiger partial charge in [-0.15, -0.1) is 0 Å². The van der Waals surface area contributed by atoms with E-state index in [0.717, 1.165) is 5.56 Å². The number of allylic oxidation sites excluding steroid dienone is 1. The lowest BCUT2D eigenvalue weighted by atomic mass is 10.1. The lowest BCUT2D eigenvalue weighted by molar-refractivity contribution is 0.104. The molecular weight excluding hydrogens is 450 g/mol. The highest BCUT2D eigenvalue weighted by atomic mass is 16.5. The Morgan fingerprint density at radius 3 is 2.00 bits per heavy atom. The van der Waals surface area contributed by atoms with E-state index >= 15 is 0 Å². The lowest BCUT2D eigenvalue weighted by Crippen LogP contribution is -1.98. The van der Waals surface area contributed by atoms with Gasteiger partial charge in [0.05, 0.1) is 34.1 Å². The predicted octanol–water partition coefficient (Wildman–Crippen LogP) is 5.11. The fourth-order valence-electron chi connectivity index (χ4n) is 3.35. The second-order valence-electron chi connectivity index (χ2n) is 7.26. The van der Waals surface area contributed by atoms with E-state index in [1.807, 2.05) is 6.08 Å². The molecule has 3 rings (SSSR count). The summed E-state index contributed by atoms with van der Waals surface area (Å²) < 4.78 is 21.4. The lowest BCUT2D eigenvalue weighted by Gasteiger charge is -2.13. The number of carbonyl (C=O) groups is 1. The van der Waals surface area contributed by atoms with Gasteiger partial charge in [0.1, 0.15) is 5.75 Å². The minimum absolute atomic E-state index is 0.0773. The average Bonchev–Trinajstić information content (AvgIpc) is 2.88. The van der Waals surface area contributed by atoms with E-state index < -0.39 is 0 Å². The average molecular weight is 478 g/mol. The molecule has 182 valence electrons. The molecular formula is C27H27NO7. The van der Waals surface area contributed by atoms with E-state index in [1.54, 1.807) is 44.6 Å². The van der Waals surface area contributed by atoms with Crippen molar-refractivity contribution in [3.8, 4) is 34.5 Å². The molecule has 0 atom stereocenters. The molecule has 0 saturated heterocycles. The van der Waals surface area contributed by atoms with Crippen LogP contribution in [0.3, 0.4) is 0 Å². The van der Waals surface area contributed by atoms with E-state index in [4.69, 9.17) is 18.9 Å². The highest BCUT2D eigenvalue weighted by Gasteiger charge is 2.14. The number of anilines is 1. The van der Waals surface area contributed by atoms with Gasteiger partial charge in [0, 0.05) is 23.4 Å². The number of phenols is 2. The number of aromatic hydroxyl groups is 2.